The number of aryl methyl sites for hydroxylation is 1. The van der Waals surface area contributed by atoms with Crippen LogP contribution in [0, 0.1) is 17.9 Å². The highest BCUT2D eigenvalue weighted by molar-refractivity contribution is 7.92. The van der Waals surface area contributed by atoms with Crippen LogP contribution in [0.15, 0.2) is 59.6 Å². The van der Waals surface area contributed by atoms with Gasteiger partial charge in [-0.05, 0) is 42.5 Å². The van der Waals surface area contributed by atoms with E-state index in [4.69, 9.17) is 16.3 Å². The second-order valence-electron chi connectivity index (χ2n) is 7.72. The van der Waals surface area contributed by atoms with Crippen molar-refractivity contribution in [3.8, 4) is 0 Å². The number of halogens is 2. The van der Waals surface area contributed by atoms with Gasteiger partial charge in [0.15, 0.2) is 11.9 Å². The van der Waals surface area contributed by atoms with E-state index in [1.165, 1.54) is 42.5 Å². The van der Waals surface area contributed by atoms with Gasteiger partial charge in [-0.3, -0.25) is 9.52 Å². The Labute approximate surface area is 201 Å². The van der Waals surface area contributed by atoms with E-state index in [9.17, 15) is 22.8 Å². The Morgan fingerprint density at radius 2 is 1.88 bits per heavy atom. The third-order valence-corrected chi connectivity index (χ3v) is 7.02. The minimum Gasteiger partial charge on any atom is -0.618 e. The van der Waals surface area contributed by atoms with Crippen LogP contribution in [0.25, 0.3) is 0 Å². The lowest BCUT2D eigenvalue weighted by molar-refractivity contribution is -0.612. The molecule has 1 saturated heterocycles. The lowest BCUT2D eigenvalue weighted by Crippen LogP contribution is -2.36. The lowest BCUT2D eigenvalue weighted by Gasteiger charge is -2.29. The van der Waals surface area contributed by atoms with Crippen LogP contribution < -0.4 is 14.4 Å². The number of aromatic nitrogens is 1. The van der Waals surface area contributed by atoms with Crippen molar-refractivity contribution in [3.63, 3.8) is 0 Å². The molecule has 2 aromatic carbocycles. The number of carbonyl (C=O) groups is 1. The Kier molecular flexibility index (Phi) is 6.74. The quantitative estimate of drug-likeness (QED) is 0.313. The van der Waals surface area contributed by atoms with Gasteiger partial charge in [-0.2, -0.15) is 4.73 Å². The Balaban J connectivity index is 1.65. The van der Waals surface area contributed by atoms with Crippen molar-refractivity contribution >= 4 is 38.8 Å². The summed E-state index contributed by atoms with van der Waals surface area (Å²) in [5.41, 5.74) is 0.640. The van der Waals surface area contributed by atoms with Gasteiger partial charge in [-0.1, -0.05) is 11.6 Å². The van der Waals surface area contributed by atoms with Gasteiger partial charge in [-0.25, -0.2) is 12.8 Å². The van der Waals surface area contributed by atoms with Crippen molar-refractivity contribution < 1.29 is 27.1 Å². The molecule has 1 fully saturated rings. The summed E-state index contributed by atoms with van der Waals surface area (Å²) in [5.74, 6) is -1.28. The number of rotatable bonds is 6. The molecule has 1 aliphatic rings. The smallest absolute Gasteiger partial charge is 0.262 e. The van der Waals surface area contributed by atoms with Crippen LogP contribution in [-0.2, 0) is 14.8 Å². The molecule has 3 aromatic rings. The molecule has 0 aliphatic carbocycles. The first kappa shape index (κ1) is 23.9. The maximum absolute atomic E-state index is 14.8. The highest BCUT2D eigenvalue weighted by Gasteiger charge is 2.23. The summed E-state index contributed by atoms with van der Waals surface area (Å²) in [5, 5.41) is 12.1. The van der Waals surface area contributed by atoms with Crippen molar-refractivity contribution in [1.29, 1.82) is 0 Å². The first-order chi connectivity index (χ1) is 16.2. The Morgan fingerprint density at radius 1 is 1.15 bits per heavy atom. The van der Waals surface area contributed by atoms with Gasteiger partial charge in [0.25, 0.3) is 10.0 Å². The summed E-state index contributed by atoms with van der Waals surface area (Å²) in [6.45, 7) is 3.51. The predicted molar refractivity (Wildman–Crippen MR) is 125 cm³/mol. The maximum Gasteiger partial charge on any atom is 0.262 e. The molecule has 0 spiro atoms. The third-order valence-electron chi connectivity index (χ3n) is 5.42. The molecular weight excluding hydrogens is 485 g/mol. The van der Waals surface area contributed by atoms with Crippen molar-refractivity contribution in [2.24, 2.45) is 0 Å². The number of ether oxygens (including phenoxy) is 1. The summed E-state index contributed by atoms with van der Waals surface area (Å²) in [4.78, 5) is 14.5. The van der Waals surface area contributed by atoms with E-state index in [0.717, 1.165) is 12.3 Å². The Morgan fingerprint density at radius 3 is 2.56 bits per heavy atom. The molecule has 1 aliphatic heterocycles. The maximum atomic E-state index is 14.8. The van der Waals surface area contributed by atoms with Crippen molar-refractivity contribution in [1.82, 2.24) is 0 Å². The molecule has 2 heterocycles. The standard InChI is InChI=1S/C23H21ClFN3O5S/c1-15-2-3-16(14-28(15)30)23(29)19-12-17(24)4-6-21(19)26-34(31,32)18-5-7-22(20(25)13-18)27-8-10-33-11-9-27/h2-7,12-14,26H,8-11H2,1H3. The van der Waals surface area contributed by atoms with E-state index in [1.807, 2.05) is 0 Å². The fourth-order valence-corrected chi connectivity index (χ4v) is 4.82. The zero-order valence-corrected chi connectivity index (χ0v) is 19.7. The summed E-state index contributed by atoms with van der Waals surface area (Å²) >= 11 is 6.05. The molecule has 34 heavy (non-hydrogen) atoms. The normalized spacial score (nSPS) is 14.1. The monoisotopic (exact) mass is 505 g/mol. The van der Waals surface area contributed by atoms with Gasteiger partial charge in [0.1, 0.15) is 5.82 Å². The Bertz CT molecular complexity index is 1360. The molecule has 178 valence electrons. The van der Waals surface area contributed by atoms with Crippen molar-refractivity contribution in [2.45, 2.75) is 11.8 Å². The van der Waals surface area contributed by atoms with E-state index >= 15 is 0 Å². The number of hydrogen-bond acceptors (Lipinski definition) is 6. The van der Waals surface area contributed by atoms with E-state index in [0.29, 0.717) is 36.7 Å². The number of morpholine rings is 1. The molecule has 0 unspecified atom stereocenters. The van der Waals surface area contributed by atoms with Crippen LogP contribution in [0.4, 0.5) is 15.8 Å². The van der Waals surface area contributed by atoms with Crippen LogP contribution in [0.3, 0.4) is 0 Å². The fraction of sp³-hybridized carbons (Fsp3) is 0.217. The largest absolute Gasteiger partial charge is 0.618 e. The topological polar surface area (TPSA) is 103 Å². The van der Waals surface area contributed by atoms with Gasteiger partial charge < -0.3 is 14.8 Å². The van der Waals surface area contributed by atoms with E-state index in [-0.39, 0.29) is 32.4 Å². The molecule has 0 atom stereocenters. The SMILES string of the molecule is Cc1ccc(C(=O)c2cc(Cl)ccc2NS(=O)(=O)c2ccc(N3CCOCC3)c(F)c2)c[n+]1[O-]. The minimum absolute atomic E-state index is 0.0506. The van der Waals surface area contributed by atoms with Crippen molar-refractivity contribution in [2.75, 3.05) is 35.9 Å². The van der Waals surface area contributed by atoms with Crippen LogP contribution in [0.2, 0.25) is 5.02 Å². The number of sulfonamides is 1. The predicted octanol–water partition coefficient (Wildman–Crippen LogP) is 3.29. The summed E-state index contributed by atoms with van der Waals surface area (Å²) in [7, 11) is -4.24. The zero-order valence-electron chi connectivity index (χ0n) is 18.1. The molecule has 0 saturated carbocycles. The average Bonchev–Trinajstić information content (AvgIpc) is 2.82. The van der Waals surface area contributed by atoms with E-state index in [1.54, 1.807) is 11.8 Å². The highest BCUT2D eigenvalue weighted by atomic mass is 35.5. The Hall–Kier alpha value is -3.21. The highest BCUT2D eigenvalue weighted by Crippen LogP contribution is 2.28. The summed E-state index contributed by atoms with van der Waals surface area (Å²) in [6.07, 6.45) is 1.11. The first-order valence-corrected chi connectivity index (χ1v) is 12.2. The van der Waals surface area contributed by atoms with Crippen LogP contribution in [0.5, 0.6) is 0 Å². The molecular formula is C23H21ClFN3O5S. The molecule has 11 heteroatoms. The van der Waals surface area contributed by atoms with Gasteiger partial charge in [0.2, 0.25) is 5.78 Å². The van der Waals surface area contributed by atoms with Gasteiger partial charge in [0.05, 0.1) is 35.0 Å². The van der Waals surface area contributed by atoms with E-state index < -0.39 is 21.6 Å². The number of benzene rings is 2. The average molecular weight is 506 g/mol. The molecule has 0 bridgehead atoms. The van der Waals surface area contributed by atoms with Crippen LogP contribution in [-0.4, -0.2) is 40.5 Å². The van der Waals surface area contributed by atoms with Crippen LogP contribution >= 0.6 is 11.6 Å². The van der Waals surface area contributed by atoms with Gasteiger partial charge in [-0.15, -0.1) is 0 Å². The minimum atomic E-state index is -4.24. The number of nitrogens with one attached hydrogen (secondary N) is 1. The summed E-state index contributed by atoms with van der Waals surface area (Å²) in [6, 6.07) is 10.6. The zero-order chi connectivity index (χ0) is 24.5. The second kappa shape index (κ2) is 9.57. The first-order valence-electron chi connectivity index (χ1n) is 10.3. The molecule has 0 amide bonds. The number of hydrogen-bond donors (Lipinski definition) is 1. The number of carbonyl (C=O) groups excluding carboxylic acids is 1. The van der Waals surface area contributed by atoms with Crippen LogP contribution in [0.1, 0.15) is 21.6 Å². The summed E-state index contributed by atoms with van der Waals surface area (Å²) < 4.78 is 49.0. The number of anilines is 2. The molecule has 1 aromatic heterocycles. The van der Waals surface area contributed by atoms with Gasteiger partial charge >= 0.3 is 0 Å². The second-order valence-corrected chi connectivity index (χ2v) is 9.84. The molecule has 0 radical (unpaired) electrons. The van der Waals surface area contributed by atoms with Gasteiger partial charge in [0, 0.05) is 36.7 Å². The fourth-order valence-electron chi connectivity index (χ4n) is 3.56. The molecule has 8 nitrogen and oxygen atoms in total. The van der Waals surface area contributed by atoms with E-state index in [2.05, 4.69) is 4.72 Å². The molecule has 4 rings (SSSR count). The number of nitrogens with zero attached hydrogens (tertiary/aromatic N) is 2. The molecule has 1 N–H and O–H groups in total. The lowest BCUT2D eigenvalue weighted by atomic mass is 10.0. The number of pyridine rings is 1. The number of ketones is 1. The van der Waals surface area contributed by atoms with Crippen molar-refractivity contribution in [3.05, 3.63) is 87.6 Å². The third kappa shape index (κ3) is 4.98.